The fraction of sp³-hybridized carbons (Fsp3) is 0.182. The Morgan fingerprint density at radius 3 is 2.93 bits per heavy atom. The standard InChI is InChI=1S/C22H21N5O2S/c1-14-8-9-23-19(11-14)21-25-20(26-27-21)15(2)24-22(28)16-5-3-6-17(12-16)29-13-18-7-4-10-30-18/h3-12,15H,13H2,1-2H3,(H,24,28)(H,25,26,27). The predicted molar refractivity (Wildman–Crippen MR) is 115 cm³/mol. The van der Waals surface area contributed by atoms with Crippen LogP contribution in [0.1, 0.15) is 39.6 Å². The van der Waals surface area contributed by atoms with Crippen molar-refractivity contribution in [1.82, 2.24) is 25.5 Å². The van der Waals surface area contributed by atoms with Gasteiger partial charge in [0, 0.05) is 16.6 Å². The zero-order valence-electron chi connectivity index (χ0n) is 16.6. The Bertz CT molecular complexity index is 1140. The zero-order valence-corrected chi connectivity index (χ0v) is 17.4. The van der Waals surface area contributed by atoms with Crippen LogP contribution in [0.5, 0.6) is 5.75 Å². The second-order valence-electron chi connectivity index (χ2n) is 6.85. The number of H-pyrrole nitrogens is 1. The Balaban J connectivity index is 1.40. The van der Waals surface area contributed by atoms with Crippen molar-refractivity contribution >= 4 is 17.2 Å². The van der Waals surface area contributed by atoms with Crippen molar-refractivity contribution in [2.75, 3.05) is 0 Å². The highest BCUT2D eigenvalue weighted by atomic mass is 32.1. The van der Waals surface area contributed by atoms with E-state index in [1.807, 2.05) is 49.6 Å². The molecule has 0 radical (unpaired) electrons. The highest BCUT2D eigenvalue weighted by molar-refractivity contribution is 7.09. The van der Waals surface area contributed by atoms with Gasteiger partial charge in [0.05, 0.1) is 6.04 Å². The molecule has 0 aliphatic rings. The predicted octanol–water partition coefficient (Wildman–Crippen LogP) is 4.31. The van der Waals surface area contributed by atoms with Crippen molar-refractivity contribution in [3.63, 3.8) is 0 Å². The molecule has 1 amide bonds. The summed E-state index contributed by atoms with van der Waals surface area (Å²) in [6.07, 6.45) is 1.72. The van der Waals surface area contributed by atoms with Crippen LogP contribution in [0.4, 0.5) is 0 Å². The number of aromatic amines is 1. The van der Waals surface area contributed by atoms with E-state index < -0.39 is 0 Å². The van der Waals surface area contributed by atoms with E-state index in [1.165, 1.54) is 0 Å². The van der Waals surface area contributed by atoms with Crippen LogP contribution < -0.4 is 10.1 Å². The monoisotopic (exact) mass is 419 g/mol. The van der Waals surface area contributed by atoms with E-state index in [0.717, 1.165) is 10.4 Å². The Labute approximate surface area is 178 Å². The van der Waals surface area contributed by atoms with Crippen LogP contribution in [-0.2, 0) is 6.61 Å². The largest absolute Gasteiger partial charge is 0.488 e. The quantitative estimate of drug-likeness (QED) is 0.466. The molecule has 0 saturated carbocycles. The maximum absolute atomic E-state index is 12.7. The van der Waals surface area contributed by atoms with E-state index in [2.05, 4.69) is 25.5 Å². The molecule has 2 N–H and O–H groups in total. The Morgan fingerprint density at radius 1 is 1.23 bits per heavy atom. The maximum Gasteiger partial charge on any atom is 0.251 e. The lowest BCUT2D eigenvalue weighted by Crippen LogP contribution is -2.27. The normalized spacial score (nSPS) is 11.8. The number of rotatable bonds is 7. The summed E-state index contributed by atoms with van der Waals surface area (Å²) in [7, 11) is 0. The second-order valence-corrected chi connectivity index (χ2v) is 7.89. The molecule has 30 heavy (non-hydrogen) atoms. The molecule has 0 fully saturated rings. The lowest BCUT2D eigenvalue weighted by Gasteiger charge is -2.12. The van der Waals surface area contributed by atoms with Crippen LogP contribution in [-0.4, -0.2) is 26.1 Å². The van der Waals surface area contributed by atoms with E-state index in [0.29, 0.717) is 35.3 Å². The number of nitrogens with one attached hydrogen (secondary N) is 2. The van der Waals surface area contributed by atoms with Crippen molar-refractivity contribution < 1.29 is 9.53 Å². The van der Waals surface area contributed by atoms with Gasteiger partial charge in [-0.15, -0.1) is 11.3 Å². The maximum atomic E-state index is 12.7. The van der Waals surface area contributed by atoms with Gasteiger partial charge in [-0.25, -0.2) is 4.98 Å². The van der Waals surface area contributed by atoms with Gasteiger partial charge in [0.15, 0.2) is 5.82 Å². The number of hydrogen-bond acceptors (Lipinski definition) is 6. The van der Waals surface area contributed by atoms with Crippen LogP contribution in [0.2, 0.25) is 0 Å². The summed E-state index contributed by atoms with van der Waals surface area (Å²) in [6.45, 7) is 4.32. The third kappa shape index (κ3) is 4.72. The summed E-state index contributed by atoms with van der Waals surface area (Å²) in [5, 5.41) is 12.1. The van der Waals surface area contributed by atoms with Crippen LogP contribution in [0.25, 0.3) is 11.5 Å². The smallest absolute Gasteiger partial charge is 0.251 e. The van der Waals surface area contributed by atoms with Gasteiger partial charge in [0.25, 0.3) is 5.91 Å². The van der Waals surface area contributed by atoms with Crippen molar-refractivity contribution in [2.24, 2.45) is 0 Å². The fourth-order valence-electron chi connectivity index (χ4n) is 2.87. The number of hydrogen-bond donors (Lipinski definition) is 2. The number of aromatic nitrogens is 4. The van der Waals surface area contributed by atoms with Gasteiger partial charge in [0.1, 0.15) is 23.9 Å². The molecule has 1 atom stereocenters. The van der Waals surface area contributed by atoms with E-state index in [1.54, 1.807) is 35.7 Å². The second kappa shape index (κ2) is 8.87. The molecule has 0 aliphatic carbocycles. The fourth-order valence-corrected chi connectivity index (χ4v) is 3.48. The van der Waals surface area contributed by atoms with Crippen molar-refractivity contribution in [1.29, 1.82) is 0 Å². The third-order valence-corrected chi connectivity index (χ3v) is 5.31. The summed E-state index contributed by atoms with van der Waals surface area (Å²) in [5.74, 6) is 1.50. The van der Waals surface area contributed by atoms with Crippen molar-refractivity contribution in [3.05, 3.63) is 81.9 Å². The molecule has 0 spiro atoms. The van der Waals surface area contributed by atoms with Gasteiger partial charge in [-0.3, -0.25) is 14.9 Å². The van der Waals surface area contributed by atoms with Gasteiger partial charge in [-0.2, -0.15) is 5.10 Å². The highest BCUT2D eigenvalue weighted by Crippen LogP contribution is 2.19. The average Bonchev–Trinajstić information content (AvgIpc) is 3.45. The Kier molecular flexibility index (Phi) is 5.85. The Hall–Kier alpha value is -3.52. The molecular weight excluding hydrogens is 398 g/mol. The number of carbonyl (C=O) groups excluding carboxylic acids is 1. The van der Waals surface area contributed by atoms with Crippen LogP contribution in [0.3, 0.4) is 0 Å². The zero-order chi connectivity index (χ0) is 20.9. The van der Waals surface area contributed by atoms with Gasteiger partial charge >= 0.3 is 0 Å². The number of amides is 1. The minimum atomic E-state index is -0.348. The number of benzene rings is 1. The molecule has 1 unspecified atom stereocenters. The van der Waals surface area contributed by atoms with E-state index >= 15 is 0 Å². The number of ether oxygens (including phenoxy) is 1. The molecule has 3 heterocycles. The van der Waals surface area contributed by atoms with Gasteiger partial charge in [0.2, 0.25) is 0 Å². The molecule has 4 aromatic rings. The molecular formula is C22H21N5O2S. The molecule has 7 nitrogen and oxygen atoms in total. The summed E-state index contributed by atoms with van der Waals surface area (Å²) in [5.41, 5.74) is 2.28. The summed E-state index contributed by atoms with van der Waals surface area (Å²) < 4.78 is 5.79. The lowest BCUT2D eigenvalue weighted by atomic mass is 10.2. The third-order valence-electron chi connectivity index (χ3n) is 4.46. The number of nitrogens with zero attached hydrogens (tertiary/aromatic N) is 3. The number of thiophene rings is 1. The minimum absolute atomic E-state index is 0.212. The van der Waals surface area contributed by atoms with Gasteiger partial charge in [-0.1, -0.05) is 12.1 Å². The molecule has 3 aromatic heterocycles. The van der Waals surface area contributed by atoms with E-state index in [4.69, 9.17) is 4.74 Å². The highest BCUT2D eigenvalue weighted by Gasteiger charge is 2.17. The number of aryl methyl sites for hydroxylation is 1. The van der Waals surface area contributed by atoms with E-state index in [9.17, 15) is 4.79 Å². The van der Waals surface area contributed by atoms with E-state index in [-0.39, 0.29) is 11.9 Å². The SMILES string of the molecule is Cc1ccnc(-c2n[nH]c(C(C)NC(=O)c3cccc(OCc4cccs4)c3)n2)c1. The molecule has 0 bridgehead atoms. The summed E-state index contributed by atoms with van der Waals surface area (Å²) in [6, 6.07) is 14.6. The first-order valence-electron chi connectivity index (χ1n) is 9.50. The molecule has 152 valence electrons. The van der Waals surface area contributed by atoms with Crippen molar-refractivity contribution in [3.8, 4) is 17.3 Å². The average molecular weight is 420 g/mol. The summed E-state index contributed by atoms with van der Waals surface area (Å²) in [4.78, 5) is 22.6. The van der Waals surface area contributed by atoms with Crippen LogP contribution in [0, 0.1) is 6.92 Å². The van der Waals surface area contributed by atoms with Gasteiger partial charge < -0.3 is 10.1 Å². The van der Waals surface area contributed by atoms with Crippen LogP contribution in [0.15, 0.2) is 60.1 Å². The Morgan fingerprint density at radius 2 is 2.13 bits per heavy atom. The molecule has 0 aliphatic heterocycles. The topological polar surface area (TPSA) is 92.8 Å². The molecule has 0 saturated heterocycles. The summed E-state index contributed by atoms with van der Waals surface area (Å²) >= 11 is 1.63. The number of carbonyl (C=O) groups is 1. The minimum Gasteiger partial charge on any atom is -0.488 e. The molecule has 1 aromatic carbocycles. The van der Waals surface area contributed by atoms with Crippen LogP contribution >= 0.6 is 11.3 Å². The lowest BCUT2D eigenvalue weighted by molar-refractivity contribution is 0.0938. The molecule has 4 rings (SSSR count). The van der Waals surface area contributed by atoms with Crippen molar-refractivity contribution in [2.45, 2.75) is 26.5 Å². The van der Waals surface area contributed by atoms with Gasteiger partial charge in [-0.05, 0) is 61.2 Å². The first-order valence-corrected chi connectivity index (χ1v) is 10.4. The first kappa shape index (κ1) is 19.8. The first-order chi connectivity index (χ1) is 14.6. The number of pyridine rings is 1. The molecule has 8 heteroatoms.